The zero-order chi connectivity index (χ0) is 12.8. The summed E-state index contributed by atoms with van der Waals surface area (Å²) in [5.41, 5.74) is 1.69. The fourth-order valence-corrected chi connectivity index (χ4v) is 2.64. The van der Waals surface area contributed by atoms with Crippen molar-refractivity contribution in [1.29, 1.82) is 0 Å². The maximum atomic E-state index is 10.5. The molecule has 2 heterocycles. The van der Waals surface area contributed by atoms with Crippen LogP contribution in [0.1, 0.15) is 0 Å². The van der Waals surface area contributed by atoms with E-state index >= 15 is 0 Å². The molecule has 0 fully saturated rings. The molecule has 2 N–H and O–H groups in total. The average Bonchev–Trinajstić information content (AvgIpc) is 3.10. The van der Waals surface area contributed by atoms with Gasteiger partial charge in [0.25, 0.3) is 0 Å². The molecule has 4 aromatic rings. The average molecular weight is 249 g/mol. The molecule has 19 heavy (non-hydrogen) atoms. The van der Waals surface area contributed by atoms with Crippen molar-refractivity contribution in [2.45, 2.75) is 0 Å². The van der Waals surface area contributed by atoms with Gasteiger partial charge in [0.1, 0.15) is 11.5 Å². The number of aromatic nitrogens is 1. The number of rotatable bonds is 1. The van der Waals surface area contributed by atoms with Crippen LogP contribution in [-0.2, 0) is 0 Å². The van der Waals surface area contributed by atoms with Crippen LogP contribution < -0.4 is 0 Å². The van der Waals surface area contributed by atoms with Crippen LogP contribution >= 0.6 is 0 Å². The molecule has 0 spiro atoms. The number of benzene rings is 2. The van der Waals surface area contributed by atoms with Crippen molar-refractivity contribution < 1.29 is 9.52 Å². The SMILES string of the molecule is Oc1c(-c2ccco2)c2ccccc2c2[nH]ccc12. The Morgan fingerprint density at radius 3 is 2.53 bits per heavy atom. The molecule has 0 saturated carbocycles. The highest BCUT2D eigenvalue weighted by Crippen LogP contribution is 2.42. The molecule has 0 unspecified atom stereocenters. The van der Waals surface area contributed by atoms with E-state index in [9.17, 15) is 5.11 Å². The summed E-state index contributed by atoms with van der Waals surface area (Å²) in [6.45, 7) is 0. The molecule has 0 amide bonds. The van der Waals surface area contributed by atoms with E-state index in [1.807, 2.05) is 48.7 Å². The zero-order valence-electron chi connectivity index (χ0n) is 10.1. The standard InChI is InChI=1S/C16H11NO2/c18-16-12-7-8-17-15(12)11-5-2-1-4-10(11)14(16)13-6-3-9-19-13/h1-9,17-18H. The van der Waals surface area contributed by atoms with Crippen LogP contribution in [0, 0.1) is 0 Å². The molecule has 3 nitrogen and oxygen atoms in total. The second kappa shape index (κ2) is 3.65. The molecule has 0 saturated heterocycles. The van der Waals surface area contributed by atoms with Gasteiger partial charge >= 0.3 is 0 Å². The number of nitrogens with one attached hydrogen (secondary N) is 1. The van der Waals surface area contributed by atoms with Gasteiger partial charge in [0.15, 0.2) is 0 Å². The smallest absolute Gasteiger partial charge is 0.138 e. The van der Waals surface area contributed by atoms with Crippen molar-refractivity contribution in [1.82, 2.24) is 4.98 Å². The van der Waals surface area contributed by atoms with Crippen LogP contribution in [0.2, 0.25) is 0 Å². The summed E-state index contributed by atoms with van der Waals surface area (Å²) < 4.78 is 5.46. The molecule has 0 radical (unpaired) electrons. The topological polar surface area (TPSA) is 49.2 Å². The highest BCUT2D eigenvalue weighted by Gasteiger charge is 2.17. The van der Waals surface area contributed by atoms with E-state index in [-0.39, 0.29) is 5.75 Å². The van der Waals surface area contributed by atoms with Crippen LogP contribution in [0.15, 0.2) is 59.3 Å². The Morgan fingerprint density at radius 1 is 0.895 bits per heavy atom. The summed E-state index contributed by atoms with van der Waals surface area (Å²) in [6.07, 6.45) is 3.45. The van der Waals surface area contributed by atoms with Gasteiger partial charge in [0.05, 0.1) is 17.3 Å². The van der Waals surface area contributed by atoms with Crippen molar-refractivity contribution >= 4 is 21.7 Å². The van der Waals surface area contributed by atoms with Gasteiger partial charge in [-0.25, -0.2) is 0 Å². The highest BCUT2D eigenvalue weighted by molar-refractivity contribution is 6.15. The molecule has 0 aliphatic rings. The second-order valence-electron chi connectivity index (χ2n) is 4.51. The number of phenols is 1. The van der Waals surface area contributed by atoms with Crippen LogP contribution in [0.25, 0.3) is 33.0 Å². The predicted octanol–water partition coefficient (Wildman–Crippen LogP) is 4.29. The third-order valence-corrected chi connectivity index (χ3v) is 3.47. The Hall–Kier alpha value is -2.68. The van der Waals surface area contributed by atoms with Gasteiger partial charge in [-0.2, -0.15) is 0 Å². The number of fused-ring (bicyclic) bond motifs is 3. The Balaban J connectivity index is 2.29. The Labute approximate surface area is 109 Å². The molecule has 0 aliphatic carbocycles. The van der Waals surface area contributed by atoms with Crippen LogP contribution in [0.3, 0.4) is 0 Å². The third-order valence-electron chi connectivity index (χ3n) is 3.47. The number of hydrogen-bond donors (Lipinski definition) is 2. The molecule has 92 valence electrons. The number of phenolic OH excluding ortho intramolecular Hbond substituents is 1. The lowest BCUT2D eigenvalue weighted by Gasteiger charge is -2.09. The molecule has 4 rings (SSSR count). The number of hydrogen-bond acceptors (Lipinski definition) is 2. The number of furan rings is 1. The van der Waals surface area contributed by atoms with Gasteiger partial charge in [0.2, 0.25) is 0 Å². The zero-order valence-corrected chi connectivity index (χ0v) is 10.1. The molecule has 2 aromatic carbocycles. The molecule has 2 aromatic heterocycles. The number of H-pyrrole nitrogens is 1. The normalized spacial score (nSPS) is 11.4. The first-order chi connectivity index (χ1) is 9.36. The van der Waals surface area contributed by atoms with Crippen molar-refractivity contribution in [2.24, 2.45) is 0 Å². The lowest BCUT2D eigenvalue weighted by molar-refractivity contribution is 0.480. The minimum absolute atomic E-state index is 0.255. The Bertz CT molecular complexity index is 872. The maximum absolute atomic E-state index is 10.5. The quantitative estimate of drug-likeness (QED) is 0.528. The largest absolute Gasteiger partial charge is 0.506 e. The second-order valence-corrected chi connectivity index (χ2v) is 4.51. The molecule has 0 aliphatic heterocycles. The van der Waals surface area contributed by atoms with Crippen LogP contribution in [-0.4, -0.2) is 10.1 Å². The van der Waals surface area contributed by atoms with Crippen molar-refractivity contribution in [2.75, 3.05) is 0 Å². The molecule has 0 bridgehead atoms. The van der Waals surface area contributed by atoms with Crippen molar-refractivity contribution in [3.63, 3.8) is 0 Å². The summed E-state index contributed by atoms with van der Waals surface area (Å²) in [5.74, 6) is 0.932. The van der Waals surface area contributed by atoms with Gasteiger partial charge in [0, 0.05) is 17.0 Å². The van der Waals surface area contributed by atoms with Gasteiger partial charge in [-0.3, -0.25) is 0 Å². The van der Waals surface area contributed by atoms with Gasteiger partial charge in [-0.15, -0.1) is 0 Å². The summed E-state index contributed by atoms with van der Waals surface area (Å²) in [6, 6.07) is 13.6. The first kappa shape index (κ1) is 10.3. The fraction of sp³-hybridized carbons (Fsp3) is 0. The van der Waals surface area contributed by atoms with Crippen LogP contribution in [0.5, 0.6) is 5.75 Å². The summed E-state index contributed by atoms with van der Waals surface area (Å²) in [7, 11) is 0. The van der Waals surface area contributed by atoms with Gasteiger partial charge in [-0.1, -0.05) is 24.3 Å². The molecular weight excluding hydrogens is 238 g/mol. The summed E-state index contributed by atoms with van der Waals surface area (Å²) >= 11 is 0. The van der Waals surface area contributed by atoms with Gasteiger partial charge in [-0.05, 0) is 23.6 Å². The van der Waals surface area contributed by atoms with Gasteiger partial charge < -0.3 is 14.5 Å². The fourth-order valence-electron chi connectivity index (χ4n) is 2.64. The summed E-state index contributed by atoms with van der Waals surface area (Å²) in [5, 5.41) is 13.4. The van der Waals surface area contributed by atoms with Crippen molar-refractivity contribution in [3.8, 4) is 17.1 Å². The minimum Gasteiger partial charge on any atom is -0.506 e. The number of aromatic amines is 1. The van der Waals surface area contributed by atoms with E-state index in [4.69, 9.17) is 4.42 Å². The highest BCUT2D eigenvalue weighted by atomic mass is 16.3. The van der Waals surface area contributed by atoms with E-state index < -0.39 is 0 Å². The molecular formula is C16H11NO2. The minimum atomic E-state index is 0.255. The lowest BCUT2D eigenvalue weighted by Crippen LogP contribution is -1.83. The van der Waals surface area contributed by atoms with E-state index in [0.29, 0.717) is 5.76 Å². The van der Waals surface area contributed by atoms with Crippen LogP contribution in [0.4, 0.5) is 0 Å². The van der Waals surface area contributed by atoms with E-state index in [1.165, 1.54) is 0 Å². The monoisotopic (exact) mass is 249 g/mol. The number of aromatic hydroxyl groups is 1. The molecule has 3 heteroatoms. The Morgan fingerprint density at radius 2 is 1.74 bits per heavy atom. The summed E-state index contributed by atoms with van der Waals surface area (Å²) in [4.78, 5) is 3.19. The van der Waals surface area contributed by atoms with E-state index in [0.717, 1.165) is 27.2 Å². The van der Waals surface area contributed by atoms with Crippen molar-refractivity contribution in [3.05, 3.63) is 54.9 Å². The molecule has 0 atom stereocenters. The first-order valence-corrected chi connectivity index (χ1v) is 6.11. The maximum Gasteiger partial charge on any atom is 0.138 e. The van der Waals surface area contributed by atoms with E-state index in [1.54, 1.807) is 6.26 Å². The Kier molecular flexibility index (Phi) is 1.97. The predicted molar refractivity (Wildman–Crippen MR) is 75.2 cm³/mol. The third kappa shape index (κ3) is 1.32. The first-order valence-electron chi connectivity index (χ1n) is 6.11. The van der Waals surface area contributed by atoms with E-state index in [2.05, 4.69) is 4.98 Å². The lowest BCUT2D eigenvalue weighted by atomic mass is 9.98.